The van der Waals surface area contributed by atoms with Crippen LogP contribution in [0.15, 0.2) is 18.2 Å². The number of carboxylic acid groups (broad SMARTS) is 1. The summed E-state index contributed by atoms with van der Waals surface area (Å²) in [5.41, 5.74) is 3.41. The maximum absolute atomic E-state index is 11.7. The minimum absolute atomic E-state index is 0.0152. The van der Waals surface area contributed by atoms with E-state index in [9.17, 15) is 9.59 Å². The molecular weight excluding hydrogens is 242 g/mol. The summed E-state index contributed by atoms with van der Waals surface area (Å²) in [5, 5.41) is 11.3. The lowest BCUT2D eigenvalue weighted by molar-refractivity contribution is -0.137. The van der Waals surface area contributed by atoms with E-state index in [1.54, 1.807) is 0 Å². The van der Waals surface area contributed by atoms with Gasteiger partial charge in [-0.2, -0.15) is 0 Å². The fraction of sp³-hybridized carbons (Fsp3) is 0.467. The van der Waals surface area contributed by atoms with E-state index in [2.05, 4.69) is 5.32 Å². The summed E-state index contributed by atoms with van der Waals surface area (Å²) >= 11 is 0. The molecule has 0 aliphatic rings. The Balaban J connectivity index is 2.27. The van der Waals surface area contributed by atoms with E-state index in [1.807, 2.05) is 32.0 Å². The molecule has 0 atom stereocenters. The van der Waals surface area contributed by atoms with Crippen LogP contribution in [0.5, 0.6) is 0 Å². The number of carbonyl (C=O) groups excluding carboxylic acids is 1. The molecule has 4 nitrogen and oxygen atoms in total. The number of benzene rings is 1. The fourth-order valence-corrected chi connectivity index (χ4v) is 1.79. The van der Waals surface area contributed by atoms with Crippen LogP contribution in [0.25, 0.3) is 0 Å². The van der Waals surface area contributed by atoms with Gasteiger partial charge in [-0.1, -0.05) is 18.2 Å². The third-order valence-corrected chi connectivity index (χ3v) is 3.08. The van der Waals surface area contributed by atoms with Crippen molar-refractivity contribution in [1.29, 1.82) is 0 Å². The summed E-state index contributed by atoms with van der Waals surface area (Å²) in [7, 11) is 0. The smallest absolute Gasteiger partial charge is 0.303 e. The Morgan fingerprint density at radius 3 is 2.53 bits per heavy atom. The van der Waals surface area contributed by atoms with Gasteiger partial charge in [0.15, 0.2) is 0 Å². The largest absolute Gasteiger partial charge is 0.481 e. The molecule has 4 heteroatoms. The Morgan fingerprint density at radius 2 is 1.89 bits per heavy atom. The topological polar surface area (TPSA) is 66.4 Å². The molecule has 0 aromatic heterocycles. The number of aliphatic carboxylic acids is 1. The van der Waals surface area contributed by atoms with Crippen molar-refractivity contribution in [3.63, 3.8) is 0 Å². The number of carboxylic acids is 1. The van der Waals surface area contributed by atoms with Crippen molar-refractivity contribution in [2.45, 2.75) is 39.5 Å². The van der Waals surface area contributed by atoms with Crippen LogP contribution in [0.4, 0.5) is 0 Å². The molecular formula is C15H21NO3. The minimum atomic E-state index is -0.790. The number of carbonyl (C=O) groups is 2. The third kappa shape index (κ3) is 6.04. The first-order chi connectivity index (χ1) is 8.99. The van der Waals surface area contributed by atoms with E-state index in [-0.39, 0.29) is 12.3 Å². The molecule has 1 aromatic rings. The number of nitrogens with one attached hydrogen (secondary N) is 1. The van der Waals surface area contributed by atoms with E-state index in [0.29, 0.717) is 25.8 Å². The van der Waals surface area contributed by atoms with Crippen LogP contribution in [0.1, 0.15) is 36.0 Å². The summed E-state index contributed by atoms with van der Waals surface area (Å²) in [6, 6.07) is 6.01. The molecule has 0 saturated heterocycles. The molecule has 0 radical (unpaired) electrons. The lowest BCUT2D eigenvalue weighted by atomic mass is 10.0. The van der Waals surface area contributed by atoms with Crippen molar-refractivity contribution >= 4 is 11.9 Å². The van der Waals surface area contributed by atoms with Crippen molar-refractivity contribution in [3.8, 4) is 0 Å². The lowest BCUT2D eigenvalue weighted by Crippen LogP contribution is -2.26. The zero-order valence-corrected chi connectivity index (χ0v) is 11.5. The van der Waals surface area contributed by atoms with Crippen molar-refractivity contribution in [3.05, 3.63) is 34.9 Å². The molecule has 0 spiro atoms. The average Bonchev–Trinajstić information content (AvgIpc) is 2.33. The van der Waals surface area contributed by atoms with Crippen LogP contribution in [0.2, 0.25) is 0 Å². The molecule has 1 rings (SSSR count). The van der Waals surface area contributed by atoms with Crippen LogP contribution in [0, 0.1) is 13.8 Å². The third-order valence-electron chi connectivity index (χ3n) is 3.08. The first-order valence-corrected chi connectivity index (χ1v) is 6.53. The summed E-state index contributed by atoms with van der Waals surface area (Å²) in [4.78, 5) is 22.0. The first-order valence-electron chi connectivity index (χ1n) is 6.53. The highest BCUT2D eigenvalue weighted by atomic mass is 16.4. The van der Waals surface area contributed by atoms with Crippen LogP contribution in [0.3, 0.4) is 0 Å². The van der Waals surface area contributed by atoms with E-state index in [0.717, 1.165) is 5.56 Å². The quantitative estimate of drug-likeness (QED) is 0.741. The molecule has 0 unspecified atom stereocenters. The molecule has 0 fully saturated rings. The Labute approximate surface area is 113 Å². The molecule has 1 amide bonds. The van der Waals surface area contributed by atoms with E-state index in [4.69, 9.17) is 5.11 Å². The van der Waals surface area contributed by atoms with Gasteiger partial charge in [-0.05, 0) is 43.4 Å². The Kier molecular flexibility index (Phi) is 6.06. The molecule has 0 aliphatic carbocycles. The fourth-order valence-electron chi connectivity index (χ4n) is 1.79. The number of hydrogen-bond donors (Lipinski definition) is 2. The summed E-state index contributed by atoms with van der Waals surface area (Å²) in [5.74, 6) is -0.806. The van der Waals surface area contributed by atoms with Crippen molar-refractivity contribution in [2.75, 3.05) is 6.54 Å². The van der Waals surface area contributed by atoms with Crippen LogP contribution >= 0.6 is 0 Å². The van der Waals surface area contributed by atoms with E-state index in [1.165, 1.54) is 11.1 Å². The van der Waals surface area contributed by atoms with Gasteiger partial charge in [0, 0.05) is 13.0 Å². The number of unbranched alkanes of at least 4 members (excludes halogenated alkanes) is 1. The van der Waals surface area contributed by atoms with Crippen molar-refractivity contribution in [1.82, 2.24) is 5.32 Å². The SMILES string of the molecule is Cc1ccc(CC(=O)NCCCCC(=O)O)cc1C. The Morgan fingerprint density at radius 1 is 1.16 bits per heavy atom. The van der Waals surface area contributed by atoms with E-state index >= 15 is 0 Å². The van der Waals surface area contributed by atoms with Crippen molar-refractivity contribution in [2.24, 2.45) is 0 Å². The van der Waals surface area contributed by atoms with Crippen LogP contribution in [-0.2, 0) is 16.0 Å². The second-order valence-electron chi connectivity index (χ2n) is 4.80. The number of hydrogen-bond acceptors (Lipinski definition) is 2. The average molecular weight is 263 g/mol. The summed E-state index contributed by atoms with van der Waals surface area (Å²) < 4.78 is 0. The molecule has 19 heavy (non-hydrogen) atoms. The number of rotatable bonds is 7. The molecule has 0 bridgehead atoms. The summed E-state index contributed by atoms with van der Waals surface area (Å²) in [6.45, 7) is 4.61. The molecule has 0 heterocycles. The van der Waals surface area contributed by atoms with Crippen molar-refractivity contribution < 1.29 is 14.7 Å². The monoisotopic (exact) mass is 263 g/mol. The highest BCUT2D eigenvalue weighted by molar-refractivity contribution is 5.78. The van der Waals surface area contributed by atoms with Gasteiger partial charge < -0.3 is 10.4 Å². The van der Waals surface area contributed by atoms with Crippen LogP contribution in [-0.4, -0.2) is 23.5 Å². The molecule has 0 saturated carbocycles. The zero-order chi connectivity index (χ0) is 14.3. The molecule has 1 aromatic carbocycles. The van der Waals surface area contributed by atoms with Crippen LogP contribution < -0.4 is 5.32 Å². The maximum Gasteiger partial charge on any atom is 0.303 e. The normalized spacial score (nSPS) is 10.2. The standard InChI is InChI=1S/C15H21NO3/c1-11-6-7-13(9-12(11)2)10-14(17)16-8-4-3-5-15(18)19/h6-7,9H,3-5,8,10H2,1-2H3,(H,16,17)(H,18,19). The minimum Gasteiger partial charge on any atom is -0.481 e. The zero-order valence-electron chi connectivity index (χ0n) is 11.5. The van der Waals surface area contributed by atoms with Gasteiger partial charge in [-0.25, -0.2) is 0 Å². The molecule has 0 aliphatic heterocycles. The highest BCUT2D eigenvalue weighted by Gasteiger charge is 2.04. The predicted molar refractivity (Wildman–Crippen MR) is 74.1 cm³/mol. The highest BCUT2D eigenvalue weighted by Crippen LogP contribution is 2.10. The van der Waals surface area contributed by atoms with Gasteiger partial charge >= 0.3 is 5.97 Å². The van der Waals surface area contributed by atoms with Gasteiger partial charge in [-0.15, -0.1) is 0 Å². The van der Waals surface area contributed by atoms with Gasteiger partial charge in [0.1, 0.15) is 0 Å². The Bertz CT molecular complexity index is 455. The number of aryl methyl sites for hydroxylation is 2. The van der Waals surface area contributed by atoms with Gasteiger partial charge in [0.2, 0.25) is 5.91 Å². The first kappa shape index (κ1) is 15.2. The molecule has 2 N–H and O–H groups in total. The van der Waals surface area contributed by atoms with Gasteiger partial charge in [0.05, 0.1) is 6.42 Å². The van der Waals surface area contributed by atoms with Gasteiger partial charge in [0.25, 0.3) is 0 Å². The lowest BCUT2D eigenvalue weighted by Gasteiger charge is -2.06. The summed E-state index contributed by atoms with van der Waals surface area (Å²) in [6.07, 6.45) is 1.83. The van der Waals surface area contributed by atoms with E-state index < -0.39 is 5.97 Å². The Hall–Kier alpha value is -1.84. The number of amides is 1. The molecule has 104 valence electrons. The maximum atomic E-state index is 11.7. The van der Waals surface area contributed by atoms with Gasteiger partial charge in [-0.3, -0.25) is 9.59 Å². The second-order valence-corrected chi connectivity index (χ2v) is 4.80. The predicted octanol–water partition coefficient (Wildman–Crippen LogP) is 2.22. The second kappa shape index (κ2) is 7.56.